The number of methoxy groups -OCH3 is 2. The van der Waals surface area contributed by atoms with Crippen LogP contribution in [0.1, 0.15) is 37.2 Å². The summed E-state index contributed by atoms with van der Waals surface area (Å²) < 4.78 is 15.9. The lowest BCUT2D eigenvalue weighted by molar-refractivity contribution is 0.202. The lowest BCUT2D eigenvalue weighted by atomic mass is 10.1. The van der Waals surface area contributed by atoms with Gasteiger partial charge in [-0.2, -0.15) is 4.98 Å². The van der Waals surface area contributed by atoms with Gasteiger partial charge in [-0.1, -0.05) is 18.1 Å². The number of nitrogens with zero attached hydrogens (tertiary/aromatic N) is 3. The van der Waals surface area contributed by atoms with Crippen molar-refractivity contribution in [2.75, 3.05) is 21.3 Å². The van der Waals surface area contributed by atoms with Crippen molar-refractivity contribution in [3.8, 4) is 11.5 Å². The Hall–Kier alpha value is -2.08. The highest BCUT2D eigenvalue weighted by Crippen LogP contribution is 2.29. The van der Waals surface area contributed by atoms with Crippen molar-refractivity contribution in [3.63, 3.8) is 0 Å². The van der Waals surface area contributed by atoms with E-state index in [9.17, 15) is 0 Å². The van der Waals surface area contributed by atoms with Crippen LogP contribution in [0.25, 0.3) is 0 Å². The minimum Gasteiger partial charge on any atom is -0.493 e. The molecule has 0 radical (unpaired) electrons. The third-order valence-electron chi connectivity index (χ3n) is 3.70. The molecule has 0 N–H and O–H groups in total. The average molecular weight is 305 g/mol. The molecule has 6 heteroatoms. The van der Waals surface area contributed by atoms with Crippen LogP contribution in [0.2, 0.25) is 0 Å². The molecule has 0 fully saturated rings. The van der Waals surface area contributed by atoms with Crippen LogP contribution in [0.5, 0.6) is 11.5 Å². The number of hydrogen-bond donors (Lipinski definition) is 0. The quantitative estimate of drug-likeness (QED) is 0.784. The van der Waals surface area contributed by atoms with Crippen molar-refractivity contribution in [2.24, 2.45) is 0 Å². The van der Waals surface area contributed by atoms with Crippen LogP contribution in [0.15, 0.2) is 22.7 Å². The van der Waals surface area contributed by atoms with Crippen LogP contribution < -0.4 is 9.47 Å². The van der Waals surface area contributed by atoms with E-state index in [2.05, 4.69) is 15.0 Å². The summed E-state index contributed by atoms with van der Waals surface area (Å²) in [6.07, 6.45) is 0.773. The van der Waals surface area contributed by atoms with Gasteiger partial charge >= 0.3 is 0 Å². The van der Waals surface area contributed by atoms with E-state index < -0.39 is 0 Å². The summed E-state index contributed by atoms with van der Waals surface area (Å²) in [5, 5.41) is 3.95. The zero-order valence-electron chi connectivity index (χ0n) is 13.8. The van der Waals surface area contributed by atoms with Crippen LogP contribution in [0.3, 0.4) is 0 Å². The second-order valence-electron chi connectivity index (χ2n) is 5.18. The standard InChI is InChI=1S/C16H23N3O3/c1-6-15-17-16(22-18-15)11(2)19(3)10-12-7-8-13(20-4)14(9-12)21-5/h7-9,11H,6,10H2,1-5H3/t11-/m0/s1. The molecule has 0 bridgehead atoms. The Morgan fingerprint density at radius 2 is 1.95 bits per heavy atom. The van der Waals surface area contributed by atoms with Gasteiger partial charge in [-0.3, -0.25) is 4.90 Å². The first-order chi connectivity index (χ1) is 10.6. The van der Waals surface area contributed by atoms with Gasteiger partial charge in [0.05, 0.1) is 20.3 Å². The molecule has 0 aliphatic heterocycles. The van der Waals surface area contributed by atoms with E-state index in [4.69, 9.17) is 14.0 Å². The molecule has 0 unspecified atom stereocenters. The van der Waals surface area contributed by atoms with Crippen LogP contribution in [0.4, 0.5) is 0 Å². The van der Waals surface area contributed by atoms with E-state index >= 15 is 0 Å². The largest absolute Gasteiger partial charge is 0.493 e. The Morgan fingerprint density at radius 1 is 1.23 bits per heavy atom. The Kier molecular flexibility index (Phi) is 5.38. The normalized spacial score (nSPS) is 12.5. The van der Waals surface area contributed by atoms with Gasteiger partial charge in [0.15, 0.2) is 17.3 Å². The Labute approximate surface area is 131 Å². The van der Waals surface area contributed by atoms with Gasteiger partial charge in [-0.05, 0) is 31.7 Å². The molecule has 2 rings (SSSR count). The summed E-state index contributed by atoms with van der Waals surface area (Å²) in [6.45, 7) is 4.80. The van der Waals surface area contributed by atoms with E-state index in [1.54, 1.807) is 14.2 Å². The highest BCUT2D eigenvalue weighted by Gasteiger charge is 2.19. The number of hydrogen-bond acceptors (Lipinski definition) is 6. The molecule has 6 nitrogen and oxygen atoms in total. The summed E-state index contributed by atoms with van der Waals surface area (Å²) in [7, 11) is 5.29. The second-order valence-corrected chi connectivity index (χ2v) is 5.18. The first-order valence-corrected chi connectivity index (χ1v) is 7.32. The van der Waals surface area contributed by atoms with E-state index in [0.29, 0.717) is 5.89 Å². The fourth-order valence-electron chi connectivity index (χ4n) is 2.17. The second kappa shape index (κ2) is 7.26. The lowest BCUT2D eigenvalue weighted by Crippen LogP contribution is -2.22. The fourth-order valence-corrected chi connectivity index (χ4v) is 2.17. The maximum Gasteiger partial charge on any atom is 0.243 e. The predicted molar refractivity (Wildman–Crippen MR) is 83.1 cm³/mol. The van der Waals surface area contributed by atoms with Crippen LogP contribution in [-0.4, -0.2) is 36.3 Å². The highest BCUT2D eigenvalue weighted by molar-refractivity contribution is 5.42. The van der Waals surface area contributed by atoms with Crippen LogP contribution in [0, 0.1) is 0 Å². The van der Waals surface area contributed by atoms with Gasteiger partial charge in [0, 0.05) is 13.0 Å². The molecule has 0 aliphatic carbocycles. The lowest BCUT2D eigenvalue weighted by Gasteiger charge is -2.22. The Bertz CT molecular complexity index is 612. The molecular formula is C16H23N3O3. The van der Waals surface area contributed by atoms with Crippen LogP contribution >= 0.6 is 0 Å². The molecule has 120 valence electrons. The summed E-state index contributed by atoms with van der Waals surface area (Å²) in [5.74, 6) is 2.83. The minimum absolute atomic E-state index is 0.0425. The third kappa shape index (κ3) is 3.57. The Morgan fingerprint density at radius 3 is 2.55 bits per heavy atom. The molecule has 0 aliphatic rings. The molecule has 1 atom stereocenters. The molecule has 1 aromatic carbocycles. The summed E-state index contributed by atoms with van der Waals surface area (Å²) in [4.78, 5) is 6.54. The van der Waals surface area contributed by atoms with E-state index in [1.807, 2.05) is 39.1 Å². The van der Waals surface area contributed by atoms with Crippen molar-refractivity contribution in [2.45, 2.75) is 32.9 Å². The third-order valence-corrected chi connectivity index (χ3v) is 3.70. The zero-order valence-corrected chi connectivity index (χ0v) is 13.8. The van der Waals surface area contributed by atoms with Crippen molar-refractivity contribution in [1.29, 1.82) is 0 Å². The molecule has 2 aromatic rings. The number of ether oxygens (including phenoxy) is 2. The van der Waals surface area contributed by atoms with Gasteiger partial charge in [-0.15, -0.1) is 0 Å². The van der Waals surface area contributed by atoms with Gasteiger partial charge < -0.3 is 14.0 Å². The monoisotopic (exact) mass is 305 g/mol. The molecule has 0 saturated carbocycles. The van der Waals surface area contributed by atoms with Gasteiger partial charge in [0.1, 0.15) is 0 Å². The first-order valence-electron chi connectivity index (χ1n) is 7.32. The SMILES string of the molecule is CCc1noc([C@H](C)N(C)Cc2ccc(OC)c(OC)c2)n1. The molecule has 0 amide bonds. The molecule has 0 spiro atoms. The predicted octanol–water partition coefficient (Wildman–Crippen LogP) is 2.84. The van der Waals surface area contributed by atoms with Crippen molar-refractivity contribution in [3.05, 3.63) is 35.5 Å². The first kappa shape index (κ1) is 16.3. The Balaban J connectivity index is 2.09. The molecule has 22 heavy (non-hydrogen) atoms. The van der Waals surface area contributed by atoms with Gasteiger partial charge in [-0.25, -0.2) is 0 Å². The van der Waals surface area contributed by atoms with E-state index in [1.165, 1.54) is 0 Å². The van der Waals surface area contributed by atoms with E-state index in [-0.39, 0.29) is 6.04 Å². The molecular weight excluding hydrogens is 282 g/mol. The van der Waals surface area contributed by atoms with Crippen LogP contribution in [-0.2, 0) is 13.0 Å². The molecule has 1 aromatic heterocycles. The minimum atomic E-state index is 0.0425. The topological polar surface area (TPSA) is 60.6 Å². The summed E-state index contributed by atoms with van der Waals surface area (Å²) in [5.41, 5.74) is 1.13. The smallest absolute Gasteiger partial charge is 0.243 e. The zero-order chi connectivity index (χ0) is 16.1. The molecule has 0 saturated heterocycles. The number of rotatable bonds is 7. The van der Waals surface area contributed by atoms with Gasteiger partial charge in [0.2, 0.25) is 5.89 Å². The fraction of sp³-hybridized carbons (Fsp3) is 0.500. The maximum atomic E-state index is 5.34. The van der Waals surface area contributed by atoms with Crippen molar-refractivity contribution < 1.29 is 14.0 Å². The average Bonchev–Trinajstić information content (AvgIpc) is 3.02. The molecule has 1 heterocycles. The highest BCUT2D eigenvalue weighted by atomic mass is 16.5. The van der Waals surface area contributed by atoms with Crippen molar-refractivity contribution >= 4 is 0 Å². The van der Waals surface area contributed by atoms with E-state index in [0.717, 1.165) is 35.9 Å². The maximum absolute atomic E-state index is 5.34. The van der Waals surface area contributed by atoms with Crippen molar-refractivity contribution in [1.82, 2.24) is 15.0 Å². The number of aromatic nitrogens is 2. The van der Waals surface area contributed by atoms with Gasteiger partial charge in [0.25, 0.3) is 0 Å². The number of benzene rings is 1. The number of aryl methyl sites for hydroxylation is 1. The summed E-state index contributed by atoms with van der Waals surface area (Å²) >= 11 is 0. The summed E-state index contributed by atoms with van der Waals surface area (Å²) in [6, 6.07) is 5.96.